The predicted octanol–water partition coefficient (Wildman–Crippen LogP) is 21.9. The van der Waals surface area contributed by atoms with Gasteiger partial charge < -0.3 is 9.47 Å². The van der Waals surface area contributed by atoms with Crippen molar-refractivity contribution in [1.82, 2.24) is 4.57 Å². The number of anilines is 3. The third-order valence-electron chi connectivity index (χ3n) is 16.4. The van der Waals surface area contributed by atoms with Gasteiger partial charge in [0.25, 0.3) is 0 Å². The van der Waals surface area contributed by atoms with E-state index in [0.29, 0.717) is 0 Å². The second-order valence-electron chi connectivity index (χ2n) is 20.8. The third-order valence-corrected chi connectivity index (χ3v) is 17.6. The Kier molecular flexibility index (Phi) is 10.5. The van der Waals surface area contributed by atoms with Crippen LogP contribution in [0.3, 0.4) is 0 Å². The molecule has 0 fully saturated rings. The Hall–Kier alpha value is -10.1. The van der Waals surface area contributed by atoms with Crippen LogP contribution in [-0.4, -0.2) is 4.57 Å². The minimum absolute atomic E-state index is 1.10. The molecule has 16 aromatic rings. The number of hydrogen-bond donors (Lipinski definition) is 0. The van der Waals surface area contributed by atoms with E-state index in [4.69, 9.17) is 0 Å². The molecule has 14 aromatic carbocycles. The molecule has 0 amide bonds. The number of fused-ring (bicyclic) bond motifs is 13. The first-order chi connectivity index (χ1) is 39.2. The molecule has 2 heterocycles. The summed E-state index contributed by atoms with van der Waals surface area (Å²) in [5.41, 5.74) is 16.4. The molecule has 368 valence electrons. The number of hydrogen-bond acceptors (Lipinski definition) is 2. The molecular formula is C76H48N2S. The molecule has 0 N–H and O–H groups in total. The van der Waals surface area contributed by atoms with E-state index >= 15 is 0 Å². The molecule has 2 nitrogen and oxygen atoms in total. The van der Waals surface area contributed by atoms with Crippen molar-refractivity contribution in [3.8, 4) is 50.2 Å². The van der Waals surface area contributed by atoms with Crippen molar-refractivity contribution in [1.29, 1.82) is 0 Å². The van der Waals surface area contributed by atoms with Gasteiger partial charge in [0, 0.05) is 53.7 Å². The molecule has 0 radical (unpaired) electrons. The highest BCUT2D eigenvalue weighted by molar-refractivity contribution is 7.26. The fraction of sp³-hybridized carbons (Fsp3) is 0. The Bertz CT molecular complexity index is 5010. The third kappa shape index (κ3) is 7.46. The molecule has 79 heavy (non-hydrogen) atoms. The number of nitrogens with zero attached hydrogens (tertiary/aromatic N) is 2. The summed E-state index contributed by atoms with van der Waals surface area (Å²) in [5.74, 6) is 0. The zero-order chi connectivity index (χ0) is 52.0. The number of para-hydroxylation sites is 1. The number of benzene rings is 14. The highest BCUT2D eigenvalue weighted by atomic mass is 32.1. The predicted molar refractivity (Wildman–Crippen MR) is 340 cm³/mol. The van der Waals surface area contributed by atoms with E-state index in [1.165, 1.54) is 124 Å². The van der Waals surface area contributed by atoms with E-state index in [-0.39, 0.29) is 0 Å². The zero-order valence-electron chi connectivity index (χ0n) is 43.0. The minimum Gasteiger partial charge on any atom is -0.311 e. The molecule has 0 saturated heterocycles. The molecule has 0 bridgehead atoms. The summed E-state index contributed by atoms with van der Waals surface area (Å²) in [4.78, 5) is 2.36. The lowest BCUT2D eigenvalue weighted by atomic mass is 9.92. The lowest BCUT2D eigenvalue weighted by Crippen LogP contribution is -2.09. The highest BCUT2D eigenvalue weighted by Crippen LogP contribution is 2.44. The summed E-state index contributed by atoms with van der Waals surface area (Å²) in [6.45, 7) is 0. The van der Waals surface area contributed by atoms with Gasteiger partial charge in [-0.2, -0.15) is 0 Å². The average Bonchev–Trinajstić information content (AvgIpc) is 4.27. The summed E-state index contributed by atoms with van der Waals surface area (Å²) in [6.07, 6.45) is 0. The average molecular weight is 1020 g/mol. The largest absolute Gasteiger partial charge is 0.311 e. The van der Waals surface area contributed by atoms with Crippen molar-refractivity contribution in [3.05, 3.63) is 291 Å². The normalized spacial score (nSPS) is 11.8. The molecule has 16 rings (SSSR count). The molecular weight excluding hydrogens is 973 g/mol. The first-order valence-electron chi connectivity index (χ1n) is 27.1. The van der Waals surface area contributed by atoms with Crippen molar-refractivity contribution in [2.75, 3.05) is 4.90 Å². The van der Waals surface area contributed by atoms with Crippen molar-refractivity contribution < 1.29 is 0 Å². The Morgan fingerprint density at radius 2 is 0.696 bits per heavy atom. The summed E-state index contributed by atoms with van der Waals surface area (Å²) in [7, 11) is 0. The van der Waals surface area contributed by atoms with E-state index in [2.05, 4.69) is 301 Å². The number of thiophene rings is 1. The van der Waals surface area contributed by atoms with Crippen LogP contribution in [0.1, 0.15) is 0 Å². The smallest absolute Gasteiger partial charge is 0.0541 e. The van der Waals surface area contributed by atoms with E-state index in [1.807, 2.05) is 11.3 Å². The van der Waals surface area contributed by atoms with Gasteiger partial charge in [-0.3, -0.25) is 0 Å². The van der Waals surface area contributed by atoms with Crippen LogP contribution < -0.4 is 4.90 Å². The van der Waals surface area contributed by atoms with Gasteiger partial charge in [0.2, 0.25) is 0 Å². The lowest BCUT2D eigenvalue weighted by molar-refractivity contribution is 1.18. The molecule has 0 spiro atoms. The SMILES string of the molecule is c1ccc(N(c2ccc(-c3ccc4c(c3)c3cc(-c5cccc6ccccc56)ccc3n4-c3ccc(-c4ccc5c6ccccc6c6ccccc6c5c4)cc3)cc2)c2ccc(-c3cccc4c3sc3ccccc34)cc2)cc1. The Labute approximate surface area is 461 Å². The van der Waals surface area contributed by atoms with Crippen LogP contribution in [0.25, 0.3) is 135 Å². The Morgan fingerprint density at radius 1 is 0.253 bits per heavy atom. The first kappa shape index (κ1) is 45.2. The van der Waals surface area contributed by atoms with Crippen LogP contribution in [0.15, 0.2) is 291 Å². The maximum absolute atomic E-state index is 2.44. The van der Waals surface area contributed by atoms with Gasteiger partial charge in [0.1, 0.15) is 0 Å². The fourth-order valence-electron chi connectivity index (χ4n) is 12.6. The van der Waals surface area contributed by atoms with Crippen LogP contribution in [0.2, 0.25) is 0 Å². The van der Waals surface area contributed by atoms with Gasteiger partial charge in [-0.25, -0.2) is 0 Å². The van der Waals surface area contributed by atoms with Crippen LogP contribution in [0.4, 0.5) is 17.1 Å². The van der Waals surface area contributed by atoms with Crippen LogP contribution in [0, 0.1) is 0 Å². The van der Waals surface area contributed by atoms with Gasteiger partial charge >= 0.3 is 0 Å². The molecule has 0 unspecified atom stereocenters. The van der Waals surface area contributed by atoms with E-state index in [9.17, 15) is 0 Å². The highest BCUT2D eigenvalue weighted by Gasteiger charge is 2.19. The second-order valence-corrected chi connectivity index (χ2v) is 21.8. The quantitative estimate of drug-likeness (QED) is 0.138. The molecule has 0 aliphatic rings. The summed E-state index contributed by atoms with van der Waals surface area (Å²) < 4.78 is 5.09. The second kappa shape index (κ2) is 18.3. The van der Waals surface area contributed by atoms with Crippen LogP contribution >= 0.6 is 11.3 Å². The van der Waals surface area contributed by atoms with Crippen LogP contribution in [0.5, 0.6) is 0 Å². The molecule has 0 atom stereocenters. The summed E-state index contributed by atoms with van der Waals surface area (Å²) in [6, 6.07) is 107. The van der Waals surface area contributed by atoms with Gasteiger partial charge in [-0.15, -0.1) is 11.3 Å². The number of aromatic nitrogens is 1. The summed E-state index contributed by atoms with van der Waals surface area (Å²) >= 11 is 1.88. The van der Waals surface area contributed by atoms with E-state index in [0.717, 1.165) is 28.3 Å². The molecule has 0 saturated carbocycles. The standard InChI is InChI=1S/C76H48N2S/c1-2-16-56(17-3-1)77(58-41-32-52(33-42-58)62-25-13-26-69-68-23-10-11-27-75(68)79-76(62)69)57-37-28-50(29-38-57)54-35-44-73-71(47-54)72-48-55(61-24-12-15-51-14-4-5-18-60(51)61)36-45-74(72)78(73)59-39-30-49(31-40-59)53-34-43-67-65-21-7-6-19-63(65)64-20-8-9-22-66(64)70(67)46-53/h1-48H. The monoisotopic (exact) mass is 1020 g/mol. The maximum atomic E-state index is 2.44. The zero-order valence-corrected chi connectivity index (χ0v) is 43.8. The molecule has 3 heteroatoms. The van der Waals surface area contributed by atoms with Gasteiger partial charge in [-0.05, 0) is 173 Å². The van der Waals surface area contributed by atoms with Gasteiger partial charge in [-0.1, -0.05) is 206 Å². The van der Waals surface area contributed by atoms with Crippen molar-refractivity contribution in [3.63, 3.8) is 0 Å². The minimum atomic E-state index is 1.10. The summed E-state index contributed by atoms with van der Waals surface area (Å²) in [5, 5.41) is 15.3. The number of rotatable bonds is 8. The van der Waals surface area contributed by atoms with Crippen LogP contribution in [-0.2, 0) is 0 Å². The van der Waals surface area contributed by atoms with Crippen molar-refractivity contribution in [2.24, 2.45) is 0 Å². The van der Waals surface area contributed by atoms with Crippen molar-refractivity contribution in [2.45, 2.75) is 0 Å². The molecule has 0 aliphatic heterocycles. The lowest BCUT2D eigenvalue weighted by Gasteiger charge is -2.26. The Morgan fingerprint density at radius 3 is 1.38 bits per heavy atom. The van der Waals surface area contributed by atoms with Gasteiger partial charge in [0.15, 0.2) is 0 Å². The van der Waals surface area contributed by atoms with E-state index in [1.54, 1.807) is 0 Å². The molecule has 0 aliphatic carbocycles. The Balaban J connectivity index is 0.782. The molecule has 2 aromatic heterocycles. The van der Waals surface area contributed by atoms with E-state index < -0.39 is 0 Å². The van der Waals surface area contributed by atoms with Crippen molar-refractivity contribution >= 4 is 113 Å². The van der Waals surface area contributed by atoms with Gasteiger partial charge in [0.05, 0.1) is 11.0 Å². The topological polar surface area (TPSA) is 8.17 Å². The first-order valence-corrected chi connectivity index (χ1v) is 28.0. The fourth-order valence-corrected chi connectivity index (χ4v) is 13.8. The maximum Gasteiger partial charge on any atom is 0.0541 e.